The Morgan fingerprint density at radius 2 is 2.22 bits per heavy atom. The van der Waals surface area contributed by atoms with E-state index in [0.717, 1.165) is 23.4 Å². The maximum Gasteiger partial charge on any atom is 0.340 e. The predicted octanol–water partition coefficient (Wildman–Crippen LogP) is 0.980. The Balaban J connectivity index is 0.00000156. The Labute approximate surface area is 147 Å². The normalized spacial score (nSPS) is 26.0. The number of rotatable bonds is 4. The molecule has 5 rings (SSSR count). The van der Waals surface area contributed by atoms with Crippen LogP contribution in [0.15, 0.2) is 24.4 Å². The van der Waals surface area contributed by atoms with Gasteiger partial charge in [-0.25, -0.2) is 4.79 Å². The third-order valence-corrected chi connectivity index (χ3v) is 4.91. The summed E-state index contributed by atoms with van der Waals surface area (Å²) in [5.74, 6) is 0.418. The quantitative estimate of drug-likeness (QED) is 0.500. The van der Waals surface area contributed by atoms with Gasteiger partial charge in [-0.15, -0.1) is 0 Å². The number of carbonyl (C=O) groups excluding carboxylic acids is 1. The fourth-order valence-electron chi connectivity index (χ4n) is 3.63. The van der Waals surface area contributed by atoms with Crippen LogP contribution >= 0.6 is 0 Å². The molecular formula is C16H20LiN4O2. The van der Waals surface area contributed by atoms with E-state index in [-0.39, 0.29) is 31.6 Å². The number of nitrogens with one attached hydrogen (secondary N) is 2. The average Bonchev–Trinajstić information content (AvgIpc) is 3.04. The van der Waals surface area contributed by atoms with Crippen LogP contribution in [0.25, 0.3) is 10.9 Å². The zero-order chi connectivity index (χ0) is 14.9. The third kappa shape index (κ3) is 3.31. The maximum atomic E-state index is 12.2. The van der Waals surface area contributed by atoms with Gasteiger partial charge < -0.3 is 9.64 Å². The van der Waals surface area contributed by atoms with E-state index >= 15 is 0 Å². The number of aromatic nitrogens is 2. The summed E-state index contributed by atoms with van der Waals surface area (Å²) in [6.07, 6.45) is 4.16. The number of piperidine rings is 3. The summed E-state index contributed by atoms with van der Waals surface area (Å²) in [6, 6.07) is 5.94. The van der Waals surface area contributed by atoms with Gasteiger partial charge in [0.25, 0.3) is 0 Å². The van der Waals surface area contributed by atoms with Crippen LogP contribution in [0.4, 0.5) is 0 Å². The first-order valence-electron chi connectivity index (χ1n) is 7.86. The molecule has 0 aliphatic carbocycles. The van der Waals surface area contributed by atoms with E-state index in [1.807, 2.05) is 12.1 Å². The van der Waals surface area contributed by atoms with Crippen LogP contribution in [0, 0.1) is 5.92 Å². The minimum absolute atomic E-state index is 0. The van der Waals surface area contributed by atoms with Crippen LogP contribution in [0.2, 0.25) is 0 Å². The molecule has 2 N–H and O–H groups in total. The molecule has 3 aliphatic heterocycles. The monoisotopic (exact) mass is 307 g/mol. The summed E-state index contributed by atoms with van der Waals surface area (Å²) < 4.78 is 5.41. The molecule has 0 amide bonds. The molecule has 23 heavy (non-hydrogen) atoms. The Morgan fingerprint density at radius 3 is 2.96 bits per heavy atom. The molecule has 3 aliphatic rings. The number of carbonyl (C=O) groups is 1. The standard InChI is InChI=1S/C16H20N4O2.Li/c21-16(12-2-1-3-14-13(12)8-18-19-14)22-10-17-15-9-20-6-4-11(15)5-7-20;/h1-3,8,11,15,17H,4-7,9-10H2,(H,18,19);. The molecule has 1 aromatic heterocycles. The first-order chi connectivity index (χ1) is 10.8. The summed E-state index contributed by atoms with van der Waals surface area (Å²) in [5, 5.41) is 11.0. The van der Waals surface area contributed by atoms with Crippen molar-refractivity contribution in [1.29, 1.82) is 0 Å². The SMILES string of the molecule is O=C(OCNC1CN2CCC1CC2)c1cccc2[nH]ncc12.[Li]. The van der Waals surface area contributed by atoms with Gasteiger partial charge in [-0.1, -0.05) is 6.07 Å². The minimum atomic E-state index is -0.305. The van der Waals surface area contributed by atoms with Crippen molar-refractivity contribution in [2.24, 2.45) is 5.92 Å². The molecule has 1 aromatic carbocycles. The number of fused-ring (bicyclic) bond motifs is 4. The zero-order valence-corrected chi connectivity index (χ0v) is 13.4. The largest absolute Gasteiger partial charge is 0.446 e. The molecule has 0 spiro atoms. The van der Waals surface area contributed by atoms with Gasteiger partial charge in [-0.3, -0.25) is 10.4 Å². The Hall–Kier alpha value is -1.32. The Kier molecular flexibility index (Phi) is 5.07. The summed E-state index contributed by atoms with van der Waals surface area (Å²) in [5.41, 5.74) is 1.40. The van der Waals surface area contributed by atoms with E-state index in [2.05, 4.69) is 20.4 Å². The van der Waals surface area contributed by atoms with E-state index < -0.39 is 0 Å². The van der Waals surface area contributed by atoms with Crippen LogP contribution in [0.3, 0.4) is 0 Å². The Morgan fingerprint density at radius 1 is 1.39 bits per heavy atom. The molecule has 117 valence electrons. The molecule has 7 heteroatoms. The van der Waals surface area contributed by atoms with Crippen LogP contribution in [0.1, 0.15) is 23.2 Å². The van der Waals surface area contributed by atoms with Gasteiger partial charge in [0.15, 0.2) is 0 Å². The van der Waals surface area contributed by atoms with Crippen LogP contribution < -0.4 is 5.32 Å². The van der Waals surface area contributed by atoms with Gasteiger partial charge in [0, 0.05) is 36.8 Å². The second kappa shape index (κ2) is 7.06. The number of hydrogen-bond donors (Lipinski definition) is 2. The first kappa shape index (κ1) is 16.5. The van der Waals surface area contributed by atoms with E-state index in [4.69, 9.17) is 4.74 Å². The van der Waals surface area contributed by atoms with Crippen molar-refractivity contribution < 1.29 is 9.53 Å². The second-order valence-electron chi connectivity index (χ2n) is 6.16. The van der Waals surface area contributed by atoms with Crippen molar-refractivity contribution in [3.63, 3.8) is 0 Å². The van der Waals surface area contributed by atoms with Crippen molar-refractivity contribution in [2.45, 2.75) is 18.9 Å². The second-order valence-corrected chi connectivity index (χ2v) is 6.16. The molecule has 0 saturated carbocycles. The van der Waals surface area contributed by atoms with Crippen molar-refractivity contribution >= 4 is 35.7 Å². The number of ether oxygens (including phenoxy) is 1. The summed E-state index contributed by atoms with van der Waals surface area (Å²) in [4.78, 5) is 14.7. The number of benzene rings is 1. The summed E-state index contributed by atoms with van der Waals surface area (Å²) >= 11 is 0. The average molecular weight is 307 g/mol. The molecule has 2 bridgehead atoms. The Bertz CT molecular complexity index is 682. The van der Waals surface area contributed by atoms with Gasteiger partial charge >= 0.3 is 5.97 Å². The van der Waals surface area contributed by atoms with Crippen molar-refractivity contribution in [3.05, 3.63) is 30.0 Å². The summed E-state index contributed by atoms with van der Waals surface area (Å²) in [7, 11) is 0. The molecule has 1 atom stereocenters. The molecule has 2 aromatic rings. The molecule has 4 heterocycles. The topological polar surface area (TPSA) is 70.2 Å². The first-order valence-corrected chi connectivity index (χ1v) is 7.86. The van der Waals surface area contributed by atoms with Crippen molar-refractivity contribution in [1.82, 2.24) is 20.4 Å². The van der Waals surface area contributed by atoms with Gasteiger partial charge in [-0.2, -0.15) is 5.10 Å². The number of aromatic amines is 1. The van der Waals surface area contributed by atoms with E-state index in [9.17, 15) is 4.79 Å². The fraction of sp³-hybridized carbons (Fsp3) is 0.500. The number of nitrogens with zero attached hydrogens (tertiary/aromatic N) is 2. The number of esters is 1. The fourth-order valence-corrected chi connectivity index (χ4v) is 3.63. The van der Waals surface area contributed by atoms with E-state index in [1.54, 1.807) is 12.3 Å². The zero-order valence-electron chi connectivity index (χ0n) is 13.4. The molecule has 6 nitrogen and oxygen atoms in total. The molecule has 1 unspecified atom stereocenters. The van der Waals surface area contributed by atoms with E-state index in [1.165, 1.54) is 25.9 Å². The number of hydrogen-bond acceptors (Lipinski definition) is 5. The van der Waals surface area contributed by atoms with Gasteiger partial charge in [-0.05, 0) is 44.0 Å². The number of H-pyrrole nitrogens is 1. The van der Waals surface area contributed by atoms with Gasteiger partial charge in [0.1, 0.15) is 6.73 Å². The van der Waals surface area contributed by atoms with Crippen molar-refractivity contribution in [2.75, 3.05) is 26.4 Å². The van der Waals surface area contributed by atoms with Crippen LogP contribution in [-0.2, 0) is 4.74 Å². The summed E-state index contributed by atoms with van der Waals surface area (Å²) in [6.45, 7) is 3.76. The van der Waals surface area contributed by atoms with E-state index in [0.29, 0.717) is 11.6 Å². The van der Waals surface area contributed by atoms with Gasteiger partial charge in [0.2, 0.25) is 0 Å². The molecular weight excluding hydrogens is 287 g/mol. The molecule has 3 fully saturated rings. The predicted molar refractivity (Wildman–Crippen MR) is 88.2 cm³/mol. The van der Waals surface area contributed by atoms with Gasteiger partial charge in [0.05, 0.1) is 17.3 Å². The van der Waals surface area contributed by atoms with Crippen LogP contribution in [-0.4, -0.2) is 72.3 Å². The van der Waals surface area contributed by atoms with Crippen LogP contribution in [0.5, 0.6) is 0 Å². The minimum Gasteiger partial charge on any atom is -0.446 e. The molecule has 1 radical (unpaired) electrons. The third-order valence-electron chi connectivity index (χ3n) is 4.91. The smallest absolute Gasteiger partial charge is 0.340 e. The van der Waals surface area contributed by atoms with Crippen molar-refractivity contribution in [3.8, 4) is 0 Å². The molecule has 3 saturated heterocycles. The maximum absolute atomic E-state index is 12.2.